The van der Waals surface area contributed by atoms with Crippen LogP contribution in [0.4, 0.5) is 0 Å². The molecule has 0 aliphatic rings. The van der Waals surface area contributed by atoms with Gasteiger partial charge in [-0.3, -0.25) is 13.6 Å². The molecular weight excluding hydrogens is 343 g/mol. The summed E-state index contributed by atoms with van der Waals surface area (Å²) >= 11 is 0. The van der Waals surface area contributed by atoms with E-state index in [1.165, 1.54) is 14.2 Å². The maximum absolute atomic E-state index is 12.0. The number of nitrogens with one attached hydrogen (secondary N) is 2. The average Bonchev–Trinajstić information content (AvgIpc) is 3.15. The molecule has 0 aliphatic heterocycles. The van der Waals surface area contributed by atoms with Gasteiger partial charge in [0, 0.05) is 44.3 Å². The molecule has 0 aromatic carbocycles. The van der Waals surface area contributed by atoms with Crippen LogP contribution in [0.1, 0.15) is 31.4 Å². The highest BCUT2D eigenvalue weighted by Crippen LogP contribution is 2.48. The molecule has 0 saturated heterocycles. The Labute approximate surface area is 149 Å². The van der Waals surface area contributed by atoms with Gasteiger partial charge in [-0.2, -0.15) is 0 Å². The Morgan fingerprint density at radius 2 is 2.16 bits per heavy atom. The zero-order valence-electron chi connectivity index (χ0n) is 15.1. The molecule has 0 bridgehead atoms. The van der Waals surface area contributed by atoms with Crippen molar-refractivity contribution in [3.05, 3.63) is 48.6 Å². The number of rotatable bonds is 13. The number of aromatic amines is 1. The zero-order chi connectivity index (χ0) is 18.7. The Kier molecular flexibility index (Phi) is 9.78. The number of allylic oxidation sites excluding steroid dienone is 2. The first-order valence-corrected chi connectivity index (χ1v) is 9.65. The van der Waals surface area contributed by atoms with Crippen LogP contribution in [0, 0.1) is 5.92 Å². The van der Waals surface area contributed by atoms with Gasteiger partial charge >= 0.3 is 7.82 Å². The molecule has 3 N–H and O–H groups in total. The molecular formula is C17H29N2O5P. The quantitative estimate of drug-likeness (QED) is 0.459. The molecule has 1 rings (SSSR count). The third-order valence-corrected chi connectivity index (χ3v) is 5.42. The maximum atomic E-state index is 12.0. The standard InChI is InChI=1S/C17H29N2O5P/c1-5-15(18-6-2)17(16-8-7-11-19-16)14(9-12-20)10-13-24-25(21,22-3)23-4/h5-8,11,14,17-20H,2,9-10,12-13H2,1,3-4H3/b15-5-. The number of hydrogen-bond acceptors (Lipinski definition) is 6. The molecule has 0 radical (unpaired) electrons. The van der Waals surface area contributed by atoms with Crippen LogP contribution in [-0.4, -0.2) is 37.5 Å². The Hall–Kier alpha value is -1.37. The summed E-state index contributed by atoms with van der Waals surface area (Å²) < 4.78 is 26.9. The number of aliphatic hydroxyl groups excluding tert-OH is 1. The molecule has 0 saturated carbocycles. The Balaban J connectivity index is 2.96. The molecule has 0 fully saturated rings. The summed E-state index contributed by atoms with van der Waals surface area (Å²) in [7, 11) is -0.945. The smallest absolute Gasteiger partial charge is 0.396 e. The van der Waals surface area contributed by atoms with Crippen LogP contribution >= 0.6 is 7.82 Å². The first kappa shape index (κ1) is 21.7. The summed E-state index contributed by atoms with van der Waals surface area (Å²) in [6.45, 7) is 5.90. The summed E-state index contributed by atoms with van der Waals surface area (Å²) in [5.74, 6) is 0.0303. The Bertz CT molecular complexity index is 566. The lowest BCUT2D eigenvalue weighted by atomic mass is 9.82. The number of aromatic nitrogens is 1. The zero-order valence-corrected chi connectivity index (χ0v) is 16.0. The minimum atomic E-state index is -3.51. The van der Waals surface area contributed by atoms with Crippen LogP contribution in [0.25, 0.3) is 0 Å². The van der Waals surface area contributed by atoms with E-state index in [1.54, 1.807) is 6.20 Å². The van der Waals surface area contributed by atoms with Crippen molar-refractivity contribution in [1.29, 1.82) is 0 Å². The van der Waals surface area contributed by atoms with Crippen molar-refractivity contribution in [2.45, 2.75) is 25.7 Å². The topological polar surface area (TPSA) is 92.8 Å². The largest absolute Gasteiger partial charge is 0.474 e. The SMILES string of the molecule is C=CN/C(=C\C)C(c1ccc[nH]1)C(CCO)CCOP(=O)(OC)OC. The lowest BCUT2D eigenvalue weighted by Crippen LogP contribution is -2.24. The second kappa shape index (κ2) is 11.3. The summed E-state index contributed by atoms with van der Waals surface area (Å²) in [5, 5.41) is 12.7. The first-order chi connectivity index (χ1) is 12.0. The van der Waals surface area contributed by atoms with Gasteiger partial charge < -0.3 is 15.4 Å². The number of phosphoric acid groups is 1. The third-order valence-electron chi connectivity index (χ3n) is 4.03. The fourth-order valence-electron chi connectivity index (χ4n) is 2.82. The highest BCUT2D eigenvalue weighted by atomic mass is 31.2. The van der Waals surface area contributed by atoms with Crippen molar-refractivity contribution >= 4 is 7.82 Å². The molecule has 1 aromatic heterocycles. The van der Waals surface area contributed by atoms with Gasteiger partial charge in [0.2, 0.25) is 0 Å². The summed E-state index contributed by atoms with van der Waals surface area (Å²) in [4.78, 5) is 3.24. The molecule has 142 valence electrons. The van der Waals surface area contributed by atoms with Crippen LogP contribution in [-0.2, 0) is 18.1 Å². The van der Waals surface area contributed by atoms with Crippen molar-refractivity contribution in [3.8, 4) is 0 Å². The highest BCUT2D eigenvalue weighted by Gasteiger charge is 2.29. The fourth-order valence-corrected chi connectivity index (χ4v) is 3.51. The molecule has 1 heterocycles. The predicted octanol–water partition coefficient (Wildman–Crippen LogP) is 3.54. The number of H-pyrrole nitrogens is 1. The van der Waals surface area contributed by atoms with E-state index >= 15 is 0 Å². The fraction of sp³-hybridized carbons (Fsp3) is 0.529. The predicted molar refractivity (Wildman–Crippen MR) is 98.0 cm³/mol. The van der Waals surface area contributed by atoms with Gasteiger partial charge in [-0.25, -0.2) is 4.57 Å². The van der Waals surface area contributed by atoms with Gasteiger partial charge in [0.1, 0.15) is 0 Å². The van der Waals surface area contributed by atoms with E-state index in [0.717, 1.165) is 11.4 Å². The van der Waals surface area contributed by atoms with Crippen LogP contribution < -0.4 is 5.32 Å². The third kappa shape index (κ3) is 6.45. The van der Waals surface area contributed by atoms with Crippen molar-refractivity contribution in [2.75, 3.05) is 27.4 Å². The Morgan fingerprint density at radius 1 is 1.44 bits per heavy atom. The van der Waals surface area contributed by atoms with Crippen molar-refractivity contribution in [2.24, 2.45) is 5.92 Å². The van der Waals surface area contributed by atoms with Gasteiger partial charge in [0.05, 0.1) is 6.61 Å². The van der Waals surface area contributed by atoms with E-state index in [2.05, 4.69) is 16.9 Å². The van der Waals surface area contributed by atoms with Gasteiger partial charge in [-0.05, 0) is 44.0 Å². The summed E-state index contributed by atoms with van der Waals surface area (Å²) in [6, 6.07) is 3.93. The number of hydrogen-bond donors (Lipinski definition) is 3. The Morgan fingerprint density at radius 3 is 2.64 bits per heavy atom. The molecule has 7 nitrogen and oxygen atoms in total. The minimum absolute atomic E-state index is 0.0155. The molecule has 0 amide bonds. The van der Waals surface area contributed by atoms with Crippen LogP contribution in [0.2, 0.25) is 0 Å². The minimum Gasteiger partial charge on any atom is -0.396 e. The molecule has 0 spiro atoms. The van der Waals surface area contributed by atoms with Gasteiger partial charge in [0.25, 0.3) is 0 Å². The summed E-state index contributed by atoms with van der Waals surface area (Å²) in [6.07, 6.45) is 6.60. The van der Waals surface area contributed by atoms with E-state index in [9.17, 15) is 9.67 Å². The van der Waals surface area contributed by atoms with Gasteiger partial charge in [0.15, 0.2) is 0 Å². The van der Waals surface area contributed by atoms with Gasteiger partial charge in [-0.1, -0.05) is 12.7 Å². The molecule has 0 aliphatic carbocycles. The molecule has 8 heteroatoms. The number of phosphoric ester groups is 1. The van der Waals surface area contributed by atoms with E-state index in [4.69, 9.17) is 13.6 Å². The van der Waals surface area contributed by atoms with Crippen LogP contribution in [0.15, 0.2) is 42.9 Å². The normalized spacial score (nSPS) is 15.0. The molecule has 2 unspecified atom stereocenters. The summed E-state index contributed by atoms with van der Waals surface area (Å²) in [5.41, 5.74) is 1.99. The highest BCUT2D eigenvalue weighted by molar-refractivity contribution is 7.48. The van der Waals surface area contributed by atoms with Gasteiger partial charge in [-0.15, -0.1) is 0 Å². The first-order valence-electron chi connectivity index (χ1n) is 8.19. The van der Waals surface area contributed by atoms with Crippen molar-refractivity contribution in [3.63, 3.8) is 0 Å². The molecule has 2 atom stereocenters. The van der Waals surface area contributed by atoms with Crippen molar-refractivity contribution < 1.29 is 23.2 Å². The lowest BCUT2D eigenvalue weighted by Gasteiger charge is -2.29. The monoisotopic (exact) mass is 372 g/mol. The maximum Gasteiger partial charge on any atom is 0.474 e. The second-order valence-electron chi connectivity index (χ2n) is 5.40. The van der Waals surface area contributed by atoms with Crippen molar-refractivity contribution in [1.82, 2.24) is 10.3 Å². The lowest BCUT2D eigenvalue weighted by molar-refractivity contribution is 0.138. The van der Waals surface area contributed by atoms with Crippen LogP contribution in [0.5, 0.6) is 0 Å². The van der Waals surface area contributed by atoms with Crippen LogP contribution in [0.3, 0.4) is 0 Å². The van der Waals surface area contributed by atoms with E-state index < -0.39 is 7.82 Å². The van der Waals surface area contributed by atoms with E-state index in [1.807, 2.05) is 31.3 Å². The number of aliphatic hydroxyl groups is 1. The molecule has 1 aromatic rings. The van der Waals surface area contributed by atoms with E-state index in [0.29, 0.717) is 12.8 Å². The second-order valence-corrected chi connectivity index (χ2v) is 7.29. The van der Waals surface area contributed by atoms with E-state index in [-0.39, 0.29) is 25.0 Å². The molecule has 25 heavy (non-hydrogen) atoms. The average molecular weight is 372 g/mol.